The maximum atomic E-state index is 13.6. The SMILES string of the molecule is CCNC(=NCc1ccc(C)c(F)c1)NCC(=O)NCc1ccc(OC)cc1. The van der Waals surface area contributed by atoms with Gasteiger partial charge in [-0.05, 0) is 48.7 Å². The molecular weight excluding hydrogens is 359 g/mol. The average Bonchev–Trinajstić information content (AvgIpc) is 2.71. The highest BCUT2D eigenvalue weighted by atomic mass is 19.1. The molecule has 0 radical (unpaired) electrons. The van der Waals surface area contributed by atoms with E-state index >= 15 is 0 Å². The molecule has 0 unspecified atom stereocenters. The predicted molar refractivity (Wildman–Crippen MR) is 109 cm³/mol. The van der Waals surface area contributed by atoms with E-state index in [9.17, 15) is 9.18 Å². The van der Waals surface area contributed by atoms with E-state index in [4.69, 9.17) is 4.74 Å². The molecule has 0 spiro atoms. The highest BCUT2D eigenvalue weighted by Gasteiger charge is 2.05. The predicted octanol–water partition coefficient (Wildman–Crippen LogP) is 2.51. The van der Waals surface area contributed by atoms with Crippen LogP contribution in [-0.4, -0.2) is 32.1 Å². The molecule has 28 heavy (non-hydrogen) atoms. The van der Waals surface area contributed by atoms with Crippen LogP contribution in [0.3, 0.4) is 0 Å². The number of aryl methyl sites for hydroxylation is 1. The molecule has 0 saturated carbocycles. The van der Waals surface area contributed by atoms with Crippen molar-refractivity contribution < 1.29 is 13.9 Å². The zero-order valence-electron chi connectivity index (χ0n) is 16.5. The number of guanidine groups is 1. The summed E-state index contributed by atoms with van der Waals surface area (Å²) in [6, 6.07) is 12.6. The summed E-state index contributed by atoms with van der Waals surface area (Å²) >= 11 is 0. The first-order valence-corrected chi connectivity index (χ1v) is 9.18. The molecule has 0 saturated heterocycles. The number of ether oxygens (including phenoxy) is 1. The summed E-state index contributed by atoms with van der Waals surface area (Å²) in [6.07, 6.45) is 0. The van der Waals surface area contributed by atoms with Crippen LogP contribution in [-0.2, 0) is 17.9 Å². The van der Waals surface area contributed by atoms with Gasteiger partial charge in [0.15, 0.2) is 5.96 Å². The summed E-state index contributed by atoms with van der Waals surface area (Å²) in [7, 11) is 1.61. The number of amides is 1. The van der Waals surface area contributed by atoms with E-state index in [2.05, 4.69) is 20.9 Å². The number of carbonyl (C=O) groups excluding carboxylic acids is 1. The third kappa shape index (κ3) is 6.90. The van der Waals surface area contributed by atoms with Gasteiger partial charge < -0.3 is 20.7 Å². The van der Waals surface area contributed by atoms with E-state index in [1.807, 2.05) is 37.3 Å². The minimum Gasteiger partial charge on any atom is -0.497 e. The molecule has 0 aliphatic carbocycles. The number of aliphatic imine (C=N–C) groups is 1. The number of benzene rings is 2. The molecule has 0 aliphatic heterocycles. The monoisotopic (exact) mass is 386 g/mol. The van der Waals surface area contributed by atoms with Crippen LogP contribution in [0.5, 0.6) is 5.75 Å². The van der Waals surface area contributed by atoms with E-state index < -0.39 is 0 Å². The van der Waals surface area contributed by atoms with Crippen molar-refractivity contribution >= 4 is 11.9 Å². The second-order valence-electron chi connectivity index (χ2n) is 6.26. The fourth-order valence-corrected chi connectivity index (χ4v) is 2.42. The van der Waals surface area contributed by atoms with Crippen molar-refractivity contribution in [3.8, 4) is 5.75 Å². The Morgan fingerprint density at radius 2 is 1.79 bits per heavy atom. The molecule has 150 valence electrons. The van der Waals surface area contributed by atoms with Gasteiger partial charge in [-0.3, -0.25) is 4.79 Å². The number of halogens is 1. The lowest BCUT2D eigenvalue weighted by Crippen LogP contribution is -2.43. The van der Waals surface area contributed by atoms with E-state index in [0.29, 0.717) is 31.2 Å². The van der Waals surface area contributed by atoms with Gasteiger partial charge in [-0.25, -0.2) is 9.38 Å². The van der Waals surface area contributed by atoms with Crippen LogP contribution in [0.4, 0.5) is 4.39 Å². The van der Waals surface area contributed by atoms with Crippen LogP contribution < -0.4 is 20.7 Å². The Bertz CT molecular complexity index is 807. The number of methoxy groups -OCH3 is 1. The van der Waals surface area contributed by atoms with E-state index in [0.717, 1.165) is 16.9 Å². The van der Waals surface area contributed by atoms with Crippen molar-refractivity contribution in [2.45, 2.75) is 26.9 Å². The highest BCUT2D eigenvalue weighted by molar-refractivity contribution is 5.86. The number of carbonyl (C=O) groups is 1. The first kappa shape index (κ1) is 21.2. The largest absolute Gasteiger partial charge is 0.497 e. The van der Waals surface area contributed by atoms with Gasteiger partial charge in [0.05, 0.1) is 20.2 Å². The van der Waals surface area contributed by atoms with E-state index in [1.54, 1.807) is 20.1 Å². The molecule has 6 nitrogen and oxygen atoms in total. The second-order valence-corrected chi connectivity index (χ2v) is 6.26. The van der Waals surface area contributed by atoms with Crippen molar-refractivity contribution in [2.24, 2.45) is 4.99 Å². The van der Waals surface area contributed by atoms with Gasteiger partial charge in [0.1, 0.15) is 11.6 Å². The topological polar surface area (TPSA) is 74.8 Å². The van der Waals surface area contributed by atoms with Gasteiger partial charge in [0.25, 0.3) is 0 Å². The van der Waals surface area contributed by atoms with Crippen LogP contribution in [0.1, 0.15) is 23.6 Å². The lowest BCUT2D eigenvalue weighted by molar-refractivity contribution is -0.120. The summed E-state index contributed by atoms with van der Waals surface area (Å²) in [5.74, 6) is 0.881. The molecule has 0 aromatic heterocycles. The molecule has 0 aliphatic rings. The number of nitrogens with one attached hydrogen (secondary N) is 3. The lowest BCUT2D eigenvalue weighted by Gasteiger charge is -2.12. The number of hydrogen-bond acceptors (Lipinski definition) is 3. The van der Waals surface area contributed by atoms with Gasteiger partial charge in [-0.1, -0.05) is 24.3 Å². The first-order valence-electron chi connectivity index (χ1n) is 9.18. The van der Waals surface area contributed by atoms with Crippen molar-refractivity contribution in [1.29, 1.82) is 0 Å². The van der Waals surface area contributed by atoms with Gasteiger partial charge >= 0.3 is 0 Å². The zero-order chi connectivity index (χ0) is 20.4. The van der Waals surface area contributed by atoms with Crippen LogP contribution >= 0.6 is 0 Å². The Kier molecular flexibility index (Phi) is 8.27. The number of hydrogen-bond donors (Lipinski definition) is 3. The Morgan fingerprint density at radius 1 is 1.07 bits per heavy atom. The van der Waals surface area contributed by atoms with E-state index in [1.165, 1.54) is 6.07 Å². The maximum Gasteiger partial charge on any atom is 0.239 e. The average molecular weight is 386 g/mol. The summed E-state index contributed by atoms with van der Waals surface area (Å²) < 4.78 is 18.7. The molecule has 3 N–H and O–H groups in total. The molecule has 0 atom stereocenters. The fourth-order valence-electron chi connectivity index (χ4n) is 2.42. The molecule has 1 amide bonds. The molecule has 0 bridgehead atoms. The Balaban J connectivity index is 1.83. The second kappa shape index (κ2) is 10.9. The standard InChI is InChI=1S/C21H27FN4O2/c1-4-23-21(25-13-17-6-5-15(2)19(22)11-17)26-14-20(27)24-12-16-7-9-18(28-3)10-8-16/h5-11H,4,12-14H2,1-3H3,(H,24,27)(H2,23,25,26). The molecule has 2 rings (SSSR count). The summed E-state index contributed by atoms with van der Waals surface area (Å²) in [5.41, 5.74) is 2.35. The van der Waals surface area contributed by atoms with Crippen molar-refractivity contribution in [3.05, 3.63) is 65.0 Å². The summed E-state index contributed by atoms with van der Waals surface area (Å²) in [5, 5.41) is 8.90. The van der Waals surface area contributed by atoms with E-state index in [-0.39, 0.29) is 18.3 Å². The minimum atomic E-state index is -0.247. The van der Waals surface area contributed by atoms with Crippen LogP contribution in [0.15, 0.2) is 47.5 Å². The normalized spacial score (nSPS) is 11.1. The van der Waals surface area contributed by atoms with Crippen LogP contribution in [0.2, 0.25) is 0 Å². The molecule has 0 fully saturated rings. The molecule has 7 heteroatoms. The third-order valence-corrected chi connectivity index (χ3v) is 4.07. The van der Waals surface area contributed by atoms with Gasteiger partial charge in [-0.2, -0.15) is 0 Å². The number of rotatable bonds is 8. The quantitative estimate of drug-likeness (QED) is 0.481. The van der Waals surface area contributed by atoms with Gasteiger partial charge in [0.2, 0.25) is 5.91 Å². The highest BCUT2D eigenvalue weighted by Crippen LogP contribution is 2.11. The van der Waals surface area contributed by atoms with Crippen LogP contribution in [0, 0.1) is 12.7 Å². The third-order valence-electron chi connectivity index (χ3n) is 4.07. The van der Waals surface area contributed by atoms with Crippen molar-refractivity contribution in [3.63, 3.8) is 0 Å². The Hall–Kier alpha value is -3.09. The lowest BCUT2D eigenvalue weighted by atomic mass is 10.1. The summed E-state index contributed by atoms with van der Waals surface area (Å²) in [4.78, 5) is 16.5. The summed E-state index contributed by atoms with van der Waals surface area (Å²) in [6.45, 7) is 5.15. The smallest absolute Gasteiger partial charge is 0.239 e. The molecule has 2 aromatic rings. The molecule has 2 aromatic carbocycles. The van der Waals surface area contributed by atoms with Crippen LogP contribution in [0.25, 0.3) is 0 Å². The Labute approximate surface area is 165 Å². The maximum absolute atomic E-state index is 13.6. The first-order chi connectivity index (χ1) is 13.5. The Morgan fingerprint density at radius 3 is 2.43 bits per heavy atom. The van der Waals surface area contributed by atoms with Gasteiger partial charge in [-0.15, -0.1) is 0 Å². The van der Waals surface area contributed by atoms with Crippen molar-refractivity contribution in [2.75, 3.05) is 20.2 Å². The number of nitrogens with zero attached hydrogens (tertiary/aromatic N) is 1. The van der Waals surface area contributed by atoms with Crippen molar-refractivity contribution in [1.82, 2.24) is 16.0 Å². The minimum absolute atomic E-state index is 0.0875. The molecule has 0 heterocycles. The van der Waals surface area contributed by atoms with Gasteiger partial charge in [0, 0.05) is 13.1 Å². The molecular formula is C21H27FN4O2. The zero-order valence-corrected chi connectivity index (χ0v) is 16.5. The fraction of sp³-hybridized carbons (Fsp3) is 0.333.